The molecule has 148 valence electrons. The van der Waals surface area contributed by atoms with Gasteiger partial charge < -0.3 is 14.7 Å². The topological polar surface area (TPSA) is 43.9 Å². The normalized spacial score (nSPS) is 18.7. The molecule has 0 aromatic heterocycles. The van der Waals surface area contributed by atoms with Crippen LogP contribution in [0.4, 0.5) is 10.1 Å². The average molecular weight is 375 g/mol. The summed E-state index contributed by atoms with van der Waals surface area (Å²) in [6.07, 6.45) is 4.14. The summed E-state index contributed by atoms with van der Waals surface area (Å²) in [4.78, 5) is 31.0. The Kier molecular flexibility index (Phi) is 6.69. The monoisotopic (exact) mass is 375 g/mol. The van der Waals surface area contributed by atoms with Crippen LogP contribution in [0.25, 0.3) is 0 Å². The summed E-state index contributed by atoms with van der Waals surface area (Å²) in [5, 5.41) is 0. The van der Waals surface area contributed by atoms with Crippen LogP contribution in [0, 0.1) is 11.7 Å². The van der Waals surface area contributed by atoms with Crippen molar-refractivity contribution in [2.45, 2.75) is 39.0 Å². The molecule has 0 radical (unpaired) electrons. The van der Waals surface area contributed by atoms with Gasteiger partial charge in [0.25, 0.3) is 0 Å². The van der Waals surface area contributed by atoms with Crippen LogP contribution < -0.4 is 4.90 Å². The van der Waals surface area contributed by atoms with Crippen molar-refractivity contribution in [1.29, 1.82) is 0 Å². The zero-order valence-corrected chi connectivity index (χ0v) is 16.2. The van der Waals surface area contributed by atoms with E-state index in [2.05, 4.69) is 11.8 Å². The van der Waals surface area contributed by atoms with E-state index in [1.54, 1.807) is 12.1 Å². The van der Waals surface area contributed by atoms with Crippen LogP contribution in [0.5, 0.6) is 0 Å². The zero-order valence-electron chi connectivity index (χ0n) is 16.2. The molecule has 3 rings (SSSR count). The van der Waals surface area contributed by atoms with Gasteiger partial charge in [-0.25, -0.2) is 4.39 Å². The fourth-order valence-corrected chi connectivity index (χ4v) is 3.96. The molecule has 2 aliphatic rings. The number of hydrogen-bond donors (Lipinski definition) is 0. The Morgan fingerprint density at radius 2 is 1.59 bits per heavy atom. The van der Waals surface area contributed by atoms with Gasteiger partial charge in [-0.2, -0.15) is 0 Å². The van der Waals surface area contributed by atoms with Crippen LogP contribution in [0.2, 0.25) is 0 Å². The number of carbonyl (C=O) groups excluding carboxylic acids is 2. The molecular formula is C21H30FN3O2. The molecule has 2 saturated heterocycles. The van der Waals surface area contributed by atoms with E-state index >= 15 is 0 Å². The standard InChI is InChI=1S/C21H30FN3O2/c1-2-3-4-20(26)24-11-9-17(10-12-24)21(27)25-15-13-23(14-16-25)19-7-5-18(22)6-8-19/h5-8,17H,2-4,9-16H2,1H3. The van der Waals surface area contributed by atoms with E-state index in [1.165, 1.54) is 12.1 Å². The van der Waals surface area contributed by atoms with Gasteiger partial charge in [0.2, 0.25) is 11.8 Å². The number of anilines is 1. The minimum absolute atomic E-state index is 0.0394. The summed E-state index contributed by atoms with van der Waals surface area (Å²) < 4.78 is 13.1. The van der Waals surface area contributed by atoms with Crippen LogP contribution in [-0.4, -0.2) is 60.9 Å². The van der Waals surface area contributed by atoms with Crippen molar-refractivity contribution < 1.29 is 14.0 Å². The fourth-order valence-electron chi connectivity index (χ4n) is 3.96. The molecule has 2 heterocycles. The Hall–Kier alpha value is -2.11. The second-order valence-electron chi connectivity index (χ2n) is 7.55. The Bertz CT molecular complexity index is 633. The number of piperidine rings is 1. The van der Waals surface area contributed by atoms with Gasteiger partial charge in [0.15, 0.2) is 0 Å². The van der Waals surface area contributed by atoms with Gasteiger partial charge in [0, 0.05) is 57.3 Å². The first-order valence-electron chi connectivity index (χ1n) is 10.2. The third kappa shape index (κ3) is 4.99. The lowest BCUT2D eigenvalue weighted by molar-refractivity contribution is -0.141. The van der Waals surface area contributed by atoms with E-state index in [9.17, 15) is 14.0 Å². The van der Waals surface area contributed by atoms with Crippen molar-refractivity contribution in [2.75, 3.05) is 44.2 Å². The molecule has 0 unspecified atom stereocenters. The van der Waals surface area contributed by atoms with Crippen molar-refractivity contribution >= 4 is 17.5 Å². The predicted molar refractivity (Wildman–Crippen MR) is 104 cm³/mol. The third-order valence-electron chi connectivity index (χ3n) is 5.72. The molecule has 5 nitrogen and oxygen atoms in total. The highest BCUT2D eigenvalue weighted by atomic mass is 19.1. The van der Waals surface area contributed by atoms with Crippen molar-refractivity contribution in [3.63, 3.8) is 0 Å². The van der Waals surface area contributed by atoms with Crippen LogP contribution in [0.3, 0.4) is 0 Å². The van der Waals surface area contributed by atoms with E-state index < -0.39 is 0 Å². The lowest BCUT2D eigenvalue weighted by atomic mass is 9.94. The molecule has 2 fully saturated rings. The number of unbranched alkanes of at least 4 members (excludes halogenated alkanes) is 1. The second-order valence-corrected chi connectivity index (χ2v) is 7.55. The molecule has 0 N–H and O–H groups in total. The van der Waals surface area contributed by atoms with Gasteiger partial charge in [-0.15, -0.1) is 0 Å². The van der Waals surface area contributed by atoms with E-state index in [4.69, 9.17) is 0 Å². The summed E-state index contributed by atoms with van der Waals surface area (Å²) in [6.45, 7) is 6.44. The summed E-state index contributed by atoms with van der Waals surface area (Å²) in [5.41, 5.74) is 1.00. The van der Waals surface area contributed by atoms with E-state index in [-0.39, 0.29) is 23.5 Å². The second kappa shape index (κ2) is 9.20. The van der Waals surface area contributed by atoms with E-state index in [1.807, 2.05) is 9.80 Å². The molecule has 1 aromatic rings. The number of likely N-dealkylation sites (tertiary alicyclic amines) is 1. The lowest BCUT2D eigenvalue weighted by Crippen LogP contribution is -2.52. The molecule has 0 saturated carbocycles. The molecule has 27 heavy (non-hydrogen) atoms. The number of benzene rings is 1. The number of halogens is 1. The number of carbonyl (C=O) groups is 2. The molecular weight excluding hydrogens is 345 g/mol. The van der Waals surface area contributed by atoms with Crippen molar-refractivity contribution in [2.24, 2.45) is 5.92 Å². The largest absolute Gasteiger partial charge is 0.368 e. The van der Waals surface area contributed by atoms with Crippen LogP contribution >= 0.6 is 0 Å². The maximum atomic E-state index is 13.1. The van der Waals surface area contributed by atoms with Gasteiger partial charge in [0.1, 0.15) is 5.82 Å². The first-order valence-corrected chi connectivity index (χ1v) is 10.2. The minimum atomic E-state index is -0.230. The number of nitrogens with zero attached hydrogens (tertiary/aromatic N) is 3. The summed E-state index contributed by atoms with van der Waals surface area (Å²) >= 11 is 0. The molecule has 2 amide bonds. The highest BCUT2D eigenvalue weighted by molar-refractivity contribution is 5.80. The smallest absolute Gasteiger partial charge is 0.225 e. The summed E-state index contributed by atoms with van der Waals surface area (Å²) in [7, 11) is 0. The number of rotatable bonds is 5. The van der Waals surface area contributed by atoms with Crippen LogP contribution in [-0.2, 0) is 9.59 Å². The van der Waals surface area contributed by atoms with Gasteiger partial charge in [-0.3, -0.25) is 9.59 Å². The molecule has 2 aliphatic heterocycles. The van der Waals surface area contributed by atoms with Gasteiger partial charge in [-0.1, -0.05) is 13.3 Å². The molecule has 0 aliphatic carbocycles. The van der Waals surface area contributed by atoms with Gasteiger partial charge in [-0.05, 0) is 43.5 Å². The molecule has 6 heteroatoms. The first-order chi connectivity index (χ1) is 13.1. The van der Waals surface area contributed by atoms with E-state index in [0.717, 1.165) is 44.5 Å². The summed E-state index contributed by atoms with van der Waals surface area (Å²) in [6, 6.07) is 6.53. The Labute approximate surface area is 161 Å². The van der Waals surface area contributed by atoms with Crippen molar-refractivity contribution in [1.82, 2.24) is 9.80 Å². The van der Waals surface area contributed by atoms with Gasteiger partial charge >= 0.3 is 0 Å². The SMILES string of the molecule is CCCCC(=O)N1CCC(C(=O)N2CCN(c3ccc(F)cc3)CC2)CC1. The van der Waals surface area contributed by atoms with E-state index in [0.29, 0.717) is 32.6 Å². The third-order valence-corrected chi connectivity index (χ3v) is 5.72. The lowest BCUT2D eigenvalue weighted by Gasteiger charge is -2.39. The number of hydrogen-bond acceptors (Lipinski definition) is 3. The van der Waals surface area contributed by atoms with Gasteiger partial charge in [0.05, 0.1) is 0 Å². The minimum Gasteiger partial charge on any atom is -0.368 e. The Morgan fingerprint density at radius 1 is 0.963 bits per heavy atom. The van der Waals surface area contributed by atoms with Crippen molar-refractivity contribution in [3.8, 4) is 0 Å². The Morgan fingerprint density at radius 3 is 2.19 bits per heavy atom. The van der Waals surface area contributed by atoms with Crippen molar-refractivity contribution in [3.05, 3.63) is 30.1 Å². The zero-order chi connectivity index (χ0) is 19.2. The highest BCUT2D eigenvalue weighted by Crippen LogP contribution is 2.23. The number of piperazine rings is 1. The maximum Gasteiger partial charge on any atom is 0.225 e. The van der Waals surface area contributed by atoms with Crippen LogP contribution in [0.15, 0.2) is 24.3 Å². The molecule has 0 atom stereocenters. The average Bonchev–Trinajstić information content (AvgIpc) is 2.72. The van der Waals surface area contributed by atoms with Crippen LogP contribution in [0.1, 0.15) is 39.0 Å². The molecule has 0 bridgehead atoms. The maximum absolute atomic E-state index is 13.1. The fraction of sp³-hybridized carbons (Fsp3) is 0.619. The summed E-state index contributed by atoms with van der Waals surface area (Å²) in [5.74, 6) is 0.273. The Balaban J connectivity index is 1.44. The quantitative estimate of drug-likeness (QED) is 0.795. The first kappa shape index (κ1) is 19.6. The molecule has 0 spiro atoms. The highest BCUT2D eigenvalue weighted by Gasteiger charge is 2.31. The number of amides is 2. The predicted octanol–water partition coefficient (Wildman–Crippen LogP) is 2.90. The molecule has 1 aromatic carbocycles.